The van der Waals surface area contributed by atoms with Crippen molar-refractivity contribution in [2.24, 2.45) is 34.0 Å². The van der Waals surface area contributed by atoms with Gasteiger partial charge in [0.15, 0.2) is 0 Å². The monoisotopic (exact) mass is 375 g/mol. The predicted molar refractivity (Wildman–Crippen MR) is 84.9 cm³/mol. The van der Waals surface area contributed by atoms with Gasteiger partial charge in [-0.3, -0.25) is 0 Å². The first-order valence-electron chi connectivity index (χ1n) is 9.50. The lowest BCUT2D eigenvalue weighted by molar-refractivity contribution is -0.341. The Labute approximate surface area is 157 Å². The molecule has 0 aromatic rings. The first-order chi connectivity index (χ1) is 12.5. The van der Waals surface area contributed by atoms with Crippen LogP contribution in [0, 0.1) is 34.0 Å². The van der Waals surface area contributed by atoms with Crippen LogP contribution in [0.25, 0.3) is 0 Å². The van der Waals surface area contributed by atoms with Gasteiger partial charge in [0, 0.05) is 34.7 Å². The van der Waals surface area contributed by atoms with E-state index >= 15 is 0 Å². The Morgan fingerprint density at radius 1 is 1.11 bits per heavy atom. The standard InChI is InChI=1S/C20H26O7/c1-10-8-18-9-19(10,27)7-4-11(18)20(16(25)26)6-3-5-17(2,15(23)24)13(20)12(18)14(21)22/h11-13,27H,1,3-9H2,2H3,(H,21,22)(H,23,24)(H,25,26)/p-3/t11?,12?,13?,17-,18?,19+,20-/m1/s1. The van der Waals surface area contributed by atoms with E-state index in [0.29, 0.717) is 24.8 Å². The van der Waals surface area contributed by atoms with E-state index in [1.165, 1.54) is 6.92 Å². The molecule has 4 fully saturated rings. The lowest BCUT2D eigenvalue weighted by atomic mass is 9.52. The molecule has 7 heteroatoms. The second-order valence-electron chi connectivity index (χ2n) is 9.47. The highest BCUT2D eigenvalue weighted by Crippen LogP contribution is 2.77. The zero-order valence-electron chi connectivity index (χ0n) is 15.3. The molecule has 27 heavy (non-hydrogen) atoms. The molecule has 4 rings (SSSR count). The molecule has 1 N–H and O–H groups in total. The molecule has 0 radical (unpaired) electrons. The van der Waals surface area contributed by atoms with Gasteiger partial charge in [0.05, 0.1) is 5.60 Å². The molecule has 0 heterocycles. The van der Waals surface area contributed by atoms with Gasteiger partial charge in [0.25, 0.3) is 0 Å². The van der Waals surface area contributed by atoms with Crippen molar-refractivity contribution in [3.63, 3.8) is 0 Å². The predicted octanol–water partition coefficient (Wildman–Crippen LogP) is -1.86. The fourth-order valence-corrected chi connectivity index (χ4v) is 7.67. The number of carboxylic acids is 3. The molecule has 4 aliphatic carbocycles. The SMILES string of the molecule is C=C1CC23C[C@@]1(O)CCC2[C@]1(C(=O)[O-])CCC[C@@](C)(C(=O)[O-])C1C3C(=O)[O-]. The topological polar surface area (TPSA) is 141 Å². The maximum absolute atomic E-state index is 12.5. The minimum absolute atomic E-state index is 0.0802. The molecule has 0 amide bonds. The summed E-state index contributed by atoms with van der Waals surface area (Å²) in [6.07, 6.45) is 1.50. The highest BCUT2D eigenvalue weighted by molar-refractivity contribution is 5.84. The van der Waals surface area contributed by atoms with Crippen molar-refractivity contribution in [3.05, 3.63) is 12.2 Å². The minimum Gasteiger partial charge on any atom is -0.550 e. The van der Waals surface area contributed by atoms with Crippen molar-refractivity contribution in [3.8, 4) is 0 Å². The van der Waals surface area contributed by atoms with Crippen LogP contribution in [-0.2, 0) is 14.4 Å². The van der Waals surface area contributed by atoms with E-state index in [2.05, 4.69) is 6.58 Å². The maximum Gasteiger partial charge on any atom is 0.0860 e. The zero-order chi connectivity index (χ0) is 20.0. The van der Waals surface area contributed by atoms with E-state index in [-0.39, 0.29) is 25.7 Å². The molecule has 7 atom stereocenters. The third-order valence-corrected chi connectivity index (χ3v) is 8.57. The van der Waals surface area contributed by atoms with Crippen molar-refractivity contribution in [1.82, 2.24) is 0 Å². The first-order valence-corrected chi connectivity index (χ1v) is 9.50. The molecule has 4 aliphatic rings. The highest BCUT2D eigenvalue weighted by atomic mass is 16.4. The van der Waals surface area contributed by atoms with Crippen LogP contribution < -0.4 is 15.3 Å². The first kappa shape index (κ1) is 18.5. The molecular weight excluding hydrogens is 352 g/mol. The van der Waals surface area contributed by atoms with Crippen LogP contribution in [0.5, 0.6) is 0 Å². The third-order valence-electron chi connectivity index (χ3n) is 8.57. The van der Waals surface area contributed by atoms with Crippen molar-refractivity contribution in [1.29, 1.82) is 0 Å². The Morgan fingerprint density at radius 2 is 1.78 bits per heavy atom. The summed E-state index contributed by atoms with van der Waals surface area (Å²) in [5.41, 5.74) is -5.00. The third kappa shape index (κ3) is 1.88. The summed E-state index contributed by atoms with van der Waals surface area (Å²) in [7, 11) is 0. The molecule has 4 unspecified atom stereocenters. The molecule has 7 nitrogen and oxygen atoms in total. The van der Waals surface area contributed by atoms with Gasteiger partial charge < -0.3 is 34.8 Å². The van der Waals surface area contributed by atoms with E-state index in [1.807, 2.05) is 0 Å². The van der Waals surface area contributed by atoms with Gasteiger partial charge in [-0.25, -0.2) is 0 Å². The van der Waals surface area contributed by atoms with Crippen LogP contribution in [0.4, 0.5) is 0 Å². The Bertz CT molecular complexity index is 774. The second-order valence-corrected chi connectivity index (χ2v) is 9.47. The number of fused-ring (bicyclic) bond motifs is 3. The van der Waals surface area contributed by atoms with Crippen LogP contribution in [-0.4, -0.2) is 28.6 Å². The quantitative estimate of drug-likeness (QED) is 0.570. The average Bonchev–Trinajstić information content (AvgIpc) is 2.93. The van der Waals surface area contributed by atoms with E-state index in [9.17, 15) is 34.8 Å². The number of aliphatic hydroxyl groups is 1. The van der Waals surface area contributed by atoms with Gasteiger partial charge in [0.1, 0.15) is 0 Å². The molecule has 0 aliphatic heterocycles. The minimum atomic E-state index is -1.61. The van der Waals surface area contributed by atoms with Gasteiger partial charge in [0.2, 0.25) is 0 Å². The van der Waals surface area contributed by atoms with Gasteiger partial charge >= 0.3 is 0 Å². The number of carbonyl (C=O) groups is 3. The molecule has 148 valence electrons. The largest absolute Gasteiger partial charge is 0.550 e. The zero-order valence-corrected chi connectivity index (χ0v) is 15.3. The Morgan fingerprint density at radius 3 is 2.33 bits per heavy atom. The van der Waals surface area contributed by atoms with Crippen molar-refractivity contribution < 1.29 is 34.8 Å². The van der Waals surface area contributed by atoms with Gasteiger partial charge in [-0.1, -0.05) is 19.9 Å². The molecular formula is C20H23O7-3. The van der Waals surface area contributed by atoms with E-state index in [4.69, 9.17) is 0 Å². The van der Waals surface area contributed by atoms with Crippen molar-refractivity contribution in [2.75, 3.05) is 0 Å². The Balaban J connectivity index is 2.01. The summed E-state index contributed by atoms with van der Waals surface area (Å²) in [6.45, 7) is 5.31. The molecule has 2 bridgehead atoms. The van der Waals surface area contributed by atoms with E-state index < -0.39 is 57.5 Å². The van der Waals surface area contributed by atoms with E-state index in [1.54, 1.807) is 0 Å². The summed E-state index contributed by atoms with van der Waals surface area (Å²) in [6, 6.07) is 0. The normalized spacial score (nSPS) is 50.7. The number of hydrogen-bond acceptors (Lipinski definition) is 7. The summed E-state index contributed by atoms with van der Waals surface area (Å²) in [4.78, 5) is 36.9. The smallest absolute Gasteiger partial charge is 0.0860 e. The Kier molecular flexibility index (Phi) is 3.51. The Hall–Kier alpha value is -1.89. The van der Waals surface area contributed by atoms with Gasteiger partial charge in [-0.15, -0.1) is 0 Å². The van der Waals surface area contributed by atoms with E-state index in [0.717, 1.165) is 0 Å². The van der Waals surface area contributed by atoms with Crippen LogP contribution in [0.15, 0.2) is 12.2 Å². The summed E-state index contributed by atoms with van der Waals surface area (Å²) in [5.74, 6) is -7.39. The molecule has 0 aromatic heterocycles. The number of carbonyl (C=O) groups excluding carboxylic acids is 3. The summed E-state index contributed by atoms with van der Waals surface area (Å²) in [5, 5.41) is 47.8. The lowest BCUT2D eigenvalue weighted by Crippen LogP contribution is -2.61. The molecule has 4 saturated carbocycles. The lowest BCUT2D eigenvalue weighted by Gasteiger charge is -2.55. The van der Waals surface area contributed by atoms with Gasteiger partial charge in [-0.2, -0.15) is 0 Å². The fraction of sp³-hybridized carbons (Fsp3) is 0.750. The summed E-state index contributed by atoms with van der Waals surface area (Å²) < 4.78 is 0. The molecule has 0 saturated heterocycles. The second kappa shape index (κ2) is 5.13. The van der Waals surface area contributed by atoms with Crippen molar-refractivity contribution >= 4 is 17.9 Å². The maximum atomic E-state index is 12.5. The number of hydrogen-bond donors (Lipinski definition) is 1. The molecule has 0 aromatic carbocycles. The van der Waals surface area contributed by atoms with Crippen molar-refractivity contribution in [2.45, 2.75) is 57.5 Å². The average molecular weight is 375 g/mol. The van der Waals surface area contributed by atoms with Crippen LogP contribution >= 0.6 is 0 Å². The highest BCUT2D eigenvalue weighted by Gasteiger charge is 2.76. The summed E-state index contributed by atoms with van der Waals surface area (Å²) >= 11 is 0. The fourth-order valence-electron chi connectivity index (χ4n) is 7.67. The van der Waals surface area contributed by atoms with Crippen LogP contribution in [0.2, 0.25) is 0 Å². The van der Waals surface area contributed by atoms with Crippen LogP contribution in [0.3, 0.4) is 0 Å². The van der Waals surface area contributed by atoms with Crippen LogP contribution in [0.1, 0.15) is 51.9 Å². The molecule has 1 spiro atoms. The van der Waals surface area contributed by atoms with Gasteiger partial charge in [-0.05, 0) is 61.3 Å². The number of carboxylic acid groups (broad SMARTS) is 3. The number of rotatable bonds is 3. The number of aliphatic carboxylic acids is 3.